The lowest BCUT2D eigenvalue weighted by atomic mass is 10.0. The summed E-state index contributed by atoms with van der Waals surface area (Å²) in [5.41, 5.74) is 0. The number of carbonyl (C=O) groups excluding carboxylic acids is 4. The molecule has 0 heterocycles. The molecule has 0 saturated carbocycles. The van der Waals surface area contributed by atoms with Crippen LogP contribution in [0.4, 0.5) is 0 Å². The first-order valence-electron chi connectivity index (χ1n) is 44.2. The normalized spacial score (nSPS) is 13.9. The zero-order valence-electron chi connectivity index (χ0n) is 69.4. The highest BCUT2D eigenvalue weighted by molar-refractivity contribution is 7.47. The molecule has 0 fully saturated rings. The molecule has 0 radical (unpaired) electrons. The topological polar surface area (TPSA) is 237 Å². The standard InChI is InChI=1S/C86H168O17P2/c1-76(2)62-54-46-38-31-25-19-14-11-9-10-12-16-22-29-35-43-52-60-69-86(91)103-82(73-97-84(89)67-59-51-45-37-41-49-57-65-79(7)8)75-101-105(94,95)99-71-80(87)70-98-104(92,93)100-74-81(72-96-83(88)66-58-50-42-34-28-24-18-21-27-33-40-48-56-64-78(5)6)102-85(90)68-61-53-44-36-30-23-17-13-15-20-26-32-39-47-55-63-77(3)4/h76-82,87H,9-75H2,1-8H3,(H,92,93)(H,94,95)/t80?,81-,82-/m1/s1. The fourth-order valence-electron chi connectivity index (χ4n) is 13.3. The largest absolute Gasteiger partial charge is 0.472 e. The molecule has 0 aromatic rings. The van der Waals surface area contributed by atoms with E-state index in [0.29, 0.717) is 31.6 Å². The Morgan fingerprint density at radius 1 is 0.238 bits per heavy atom. The Hall–Kier alpha value is -1.94. The molecule has 0 amide bonds. The second kappa shape index (κ2) is 74.8. The molecule has 0 aliphatic rings. The van der Waals surface area contributed by atoms with Crippen LogP contribution in [0.1, 0.15) is 447 Å². The number of phosphoric ester groups is 2. The summed E-state index contributed by atoms with van der Waals surface area (Å²) in [4.78, 5) is 73.2. The van der Waals surface area contributed by atoms with E-state index in [1.54, 1.807) is 0 Å². The second-order valence-electron chi connectivity index (χ2n) is 32.8. The van der Waals surface area contributed by atoms with Crippen LogP contribution >= 0.6 is 15.6 Å². The Morgan fingerprint density at radius 3 is 0.590 bits per heavy atom. The van der Waals surface area contributed by atoms with Gasteiger partial charge in [0.15, 0.2) is 12.2 Å². The number of hydrogen-bond donors (Lipinski definition) is 3. The molecule has 3 unspecified atom stereocenters. The van der Waals surface area contributed by atoms with Crippen LogP contribution in [0.25, 0.3) is 0 Å². The van der Waals surface area contributed by atoms with E-state index in [1.807, 2.05) is 0 Å². The monoisotopic (exact) mass is 1540 g/mol. The Bertz CT molecular complexity index is 2040. The van der Waals surface area contributed by atoms with Gasteiger partial charge < -0.3 is 33.8 Å². The van der Waals surface area contributed by atoms with Gasteiger partial charge in [0.2, 0.25) is 0 Å². The molecule has 3 N–H and O–H groups in total. The van der Waals surface area contributed by atoms with Crippen molar-refractivity contribution in [1.82, 2.24) is 0 Å². The van der Waals surface area contributed by atoms with Crippen LogP contribution in [0.5, 0.6) is 0 Å². The molecule has 19 heteroatoms. The minimum absolute atomic E-state index is 0.107. The number of aliphatic hydroxyl groups excluding tert-OH is 1. The summed E-state index contributed by atoms with van der Waals surface area (Å²) >= 11 is 0. The number of aliphatic hydroxyl groups is 1. The third kappa shape index (κ3) is 79.9. The van der Waals surface area contributed by atoms with Crippen molar-refractivity contribution in [1.29, 1.82) is 0 Å². The minimum atomic E-state index is -4.97. The fourth-order valence-corrected chi connectivity index (χ4v) is 14.9. The van der Waals surface area contributed by atoms with E-state index < -0.39 is 97.5 Å². The predicted octanol–water partition coefficient (Wildman–Crippen LogP) is 25.9. The van der Waals surface area contributed by atoms with Gasteiger partial charge in [-0.2, -0.15) is 0 Å². The number of esters is 4. The summed E-state index contributed by atoms with van der Waals surface area (Å²) in [5, 5.41) is 10.7. The van der Waals surface area contributed by atoms with Gasteiger partial charge in [-0.15, -0.1) is 0 Å². The first-order chi connectivity index (χ1) is 50.6. The van der Waals surface area contributed by atoms with Crippen LogP contribution in [0.2, 0.25) is 0 Å². The highest BCUT2D eigenvalue weighted by atomic mass is 31.2. The van der Waals surface area contributed by atoms with E-state index >= 15 is 0 Å². The molecule has 0 aliphatic carbocycles. The molecule has 0 spiro atoms. The molecule has 0 aromatic heterocycles. The third-order valence-corrected chi connectivity index (χ3v) is 22.0. The van der Waals surface area contributed by atoms with Gasteiger partial charge in [0.05, 0.1) is 26.4 Å². The number of unbranched alkanes of at least 4 members (excludes halogenated alkanes) is 49. The van der Waals surface area contributed by atoms with Crippen molar-refractivity contribution < 1.29 is 80.2 Å². The molecule has 17 nitrogen and oxygen atoms in total. The van der Waals surface area contributed by atoms with Gasteiger partial charge in [-0.3, -0.25) is 37.3 Å². The van der Waals surface area contributed by atoms with Crippen molar-refractivity contribution in [3.05, 3.63) is 0 Å². The SMILES string of the molecule is CC(C)CCCCCCCCCCCCCCCCCCCCC(=O)O[C@H](COC(=O)CCCCCCCCCC(C)C)COP(=O)(O)OCC(O)COP(=O)(O)OC[C@@H](COC(=O)CCCCCCCCCCCCCCCC(C)C)OC(=O)CCCCCCCCCCCCCCCCCC(C)C. The van der Waals surface area contributed by atoms with Gasteiger partial charge in [-0.05, 0) is 49.4 Å². The quantitative estimate of drug-likeness (QED) is 0.0222. The number of carbonyl (C=O) groups is 4. The molecule has 0 aliphatic heterocycles. The highest BCUT2D eigenvalue weighted by Gasteiger charge is 2.30. The van der Waals surface area contributed by atoms with Gasteiger partial charge in [0.25, 0.3) is 0 Å². The summed E-state index contributed by atoms with van der Waals surface area (Å²) in [6, 6.07) is 0. The minimum Gasteiger partial charge on any atom is -0.462 e. The van der Waals surface area contributed by atoms with Crippen molar-refractivity contribution in [2.45, 2.75) is 465 Å². The lowest BCUT2D eigenvalue weighted by molar-refractivity contribution is -0.161. The van der Waals surface area contributed by atoms with Crippen molar-refractivity contribution >= 4 is 39.5 Å². The molecule has 0 aromatic carbocycles. The lowest BCUT2D eigenvalue weighted by Crippen LogP contribution is -2.30. The van der Waals surface area contributed by atoms with Gasteiger partial charge in [-0.1, -0.05) is 396 Å². The number of hydrogen-bond acceptors (Lipinski definition) is 15. The summed E-state index contributed by atoms with van der Waals surface area (Å²) in [5.74, 6) is 1.01. The van der Waals surface area contributed by atoms with E-state index in [0.717, 1.165) is 114 Å². The zero-order chi connectivity index (χ0) is 77.4. The van der Waals surface area contributed by atoms with E-state index in [1.165, 1.54) is 244 Å². The van der Waals surface area contributed by atoms with E-state index in [4.69, 9.17) is 37.0 Å². The predicted molar refractivity (Wildman–Crippen MR) is 432 cm³/mol. The summed E-state index contributed by atoms with van der Waals surface area (Å²) in [7, 11) is -9.93. The third-order valence-electron chi connectivity index (χ3n) is 20.1. The van der Waals surface area contributed by atoms with Crippen LogP contribution in [0.15, 0.2) is 0 Å². The molecule has 0 saturated heterocycles. The van der Waals surface area contributed by atoms with Gasteiger partial charge in [-0.25, -0.2) is 9.13 Å². The molecular formula is C86H168O17P2. The second-order valence-corrected chi connectivity index (χ2v) is 35.7. The van der Waals surface area contributed by atoms with Gasteiger partial charge in [0.1, 0.15) is 19.3 Å². The fraction of sp³-hybridized carbons (Fsp3) is 0.953. The van der Waals surface area contributed by atoms with Crippen LogP contribution in [0, 0.1) is 23.7 Å². The zero-order valence-corrected chi connectivity index (χ0v) is 71.2. The number of rotatable bonds is 83. The van der Waals surface area contributed by atoms with Gasteiger partial charge in [0, 0.05) is 25.7 Å². The van der Waals surface area contributed by atoms with Gasteiger partial charge >= 0.3 is 39.5 Å². The average molecular weight is 1540 g/mol. The Kier molecular flexibility index (Phi) is 73.4. The maximum Gasteiger partial charge on any atom is 0.472 e. The molecule has 105 heavy (non-hydrogen) atoms. The lowest BCUT2D eigenvalue weighted by Gasteiger charge is -2.21. The van der Waals surface area contributed by atoms with E-state index in [2.05, 4.69) is 55.4 Å². The Labute approximate surface area is 645 Å². The Morgan fingerprint density at radius 2 is 0.400 bits per heavy atom. The number of ether oxygens (including phenoxy) is 4. The molecular weight excluding hydrogens is 1370 g/mol. The molecule has 5 atom stereocenters. The average Bonchev–Trinajstić information content (AvgIpc) is 0.908. The Balaban J connectivity index is 5.22. The van der Waals surface area contributed by atoms with Crippen molar-refractivity contribution in [2.75, 3.05) is 39.6 Å². The molecule has 0 rings (SSSR count). The first-order valence-corrected chi connectivity index (χ1v) is 47.2. The first kappa shape index (κ1) is 103. The van der Waals surface area contributed by atoms with E-state index in [9.17, 15) is 43.2 Å². The van der Waals surface area contributed by atoms with Crippen molar-refractivity contribution in [3.8, 4) is 0 Å². The number of phosphoric acid groups is 2. The van der Waals surface area contributed by atoms with Crippen molar-refractivity contribution in [2.24, 2.45) is 23.7 Å². The van der Waals surface area contributed by atoms with Crippen molar-refractivity contribution in [3.63, 3.8) is 0 Å². The van der Waals surface area contributed by atoms with Crippen LogP contribution in [-0.2, 0) is 65.4 Å². The molecule has 624 valence electrons. The summed E-state index contributed by atoms with van der Waals surface area (Å²) < 4.78 is 68.9. The maximum absolute atomic E-state index is 13.1. The molecule has 0 bridgehead atoms. The summed E-state index contributed by atoms with van der Waals surface area (Å²) in [6.07, 6.45) is 64.0. The highest BCUT2D eigenvalue weighted by Crippen LogP contribution is 2.45. The smallest absolute Gasteiger partial charge is 0.462 e. The van der Waals surface area contributed by atoms with Crippen LogP contribution < -0.4 is 0 Å². The summed E-state index contributed by atoms with van der Waals surface area (Å²) in [6.45, 7) is 14.3. The van der Waals surface area contributed by atoms with Crippen LogP contribution in [-0.4, -0.2) is 96.7 Å². The maximum atomic E-state index is 13.1. The van der Waals surface area contributed by atoms with E-state index in [-0.39, 0.29) is 25.7 Å². The van der Waals surface area contributed by atoms with Crippen LogP contribution in [0.3, 0.4) is 0 Å².